The van der Waals surface area contributed by atoms with Crippen molar-refractivity contribution < 1.29 is 51.3 Å². The molecular weight excluding hydrogens is 356 g/mol. The molecule has 1 aliphatic heterocycles. The maximum atomic E-state index is 12.9. The van der Waals surface area contributed by atoms with Gasteiger partial charge in [0.1, 0.15) is 5.75 Å². The van der Waals surface area contributed by atoms with Crippen molar-refractivity contribution in [2.24, 2.45) is 0 Å². The maximum absolute atomic E-state index is 12.9. The molecule has 24 heavy (non-hydrogen) atoms. The van der Waals surface area contributed by atoms with Crippen LogP contribution in [-0.2, 0) is 11.2 Å². The summed E-state index contributed by atoms with van der Waals surface area (Å²) in [7, 11) is 0. The van der Waals surface area contributed by atoms with Crippen LogP contribution in [-0.4, -0.2) is 23.4 Å². The summed E-state index contributed by atoms with van der Waals surface area (Å²) < 4.78 is 43.5. The minimum atomic E-state index is -4.76. The van der Waals surface area contributed by atoms with Crippen LogP contribution < -0.4 is 28.3 Å². The molecule has 1 heterocycles. The molecule has 1 unspecified atom stereocenters. The third-order valence-electron chi connectivity index (χ3n) is 2.88. The minimum Gasteiger partial charge on any atom is -1.00 e. The molecule has 0 saturated heterocycles. The Balaban J connectivity index is -0.000000400. The Kier molecular flexibility index (Phi) is 12.9. The molecule has 0 amide bonds. The first-order chi connectivity index (χ1) is 8.84. The topological polar surface area (TPSA) is 46.5 Å². The van der Waals surface area contributed by atoms with Gasteiger partial charge in [-0.3, -0.25) is 0 Å². The number of ether oxygens (including phenoxy) is 1. The Morgan fingerprint density at radius 1 is 1.17 bits per heavy atom. The van der Waals surface area contributed by atoms with Crippen LogP contribution in [0.15, 0.2) is 23.8 Å². The van der Waals surface area contributed by atoms with Crippen molar-refractivity contribution in [2.75, 3.05) is 0 Å². The zero-order chi connectivity index (χ0) is 14.2. The van der Waals surface area contributed by atoms with Gasteiger partial charge in [-0.25, -0.2) is 4.79 Å². The van der Waals surface area contributed by atoms with Gasteiger partial charge in [0.25, 0.3) is 0 Å². The van der Waals surface area contributed by atoms with Gasteiger partial charge in [0, 0.05) is 5.56 Å². The predicted octanol–water partition coefficient (Wildman–Crippen LogP) is -11.9. The summed E-state index contributed by atoms with van der Waals surface area (Å²) in [5.74, 6) is -1.52. The number of hydrogen-bond donors (Lipinski definition) is 1. The molecule has 1 N–H and O–H groups in total. The number of benzene rings is 1. The molecule has 0 aromatic heterocycles. The van der Waals surface area contributed by atoms with Crippen molar-refractivity contribution in [3.63, 3.8) is 0 Å². The minimum absolute atomic E-state index is 0. The van der Waals surface area contributed by atoms with Gasteiger partial charge < -0.3 is 33.4 Å². The van der Waals surface area contributed by atoms with Gasteiger partial charge in [0.15, 0.2) is 0 Å². The number of aliphatic carboxylic acids is 1. The zero-order valence-electron chi connectivity index (χ0n) is 11.9. The lowest BCUT2D eigenvalue weighted by Gasteiger charge is -2.28. The molecule has 0 bridgehead atoms. The highest BCUT2D eigenvalue weighted by atomic mass is 19.4. The van der Waals surface area contributed by atoms with E-state index < -0.39 is 23.8 Å². The fourth-order valence-electron chi connectivity index (χ4n) is 1.98. The number of alkyl halides is 3. The molecule has 11 heteroatoms. The Morgan fingerprint density at radius 3 is 2.12 bits per heavy atom. The van der Waals surface area contributed by atoms with Gasteiger partial charge in [0.05, 0.1) is 5.57 Å². The normalized spacial score (nSPS) is 14.5. The lowest BCUT2D eigenvalue weighted by molar-refractivity contribution is -0.187. The zero-order valence-corrected chi connectivity index (χ0v) is 11.9. The van der Waals surface area contributed by atoms with Crippen molar-refractivity contribution in [2.45, 2.75) is 25.6 Å². The van der Waals surface area contributed by atoms with E-state index in [-0.39, 0.29) is 29.3 Å². The summed E-state index contributed by atoms with van der Waals surface area (Å²) in [4.78, 5) is 10.9. The lowest BCUT2D eigenvalue weighted by atomic mass is 9.98. The van der Waals surface area contributed by atoms with Crippen LogP contribution in [0.3, 0.4) is 0 Å². The molecule has 1 atom stereocenters. The summed E-state index contributed by atoms with van der Waals surface area (Å²) in [5.41, 5.74) is 0.179. The molecule has 3 nitrogen and oxygen atoms in total. The molecule has 142 valence electrons. The summed E-state index contributed by atoms with van der Waals surface area (Å²) in [6, 6.07) is 4.85. The molecule has 1 aliphatic rings. The number of aryl methyl sites for hydroxylation is 1. The molecular formula is C13H11F8O3-5. The van der Waals surface area contributed by atoms with E-state index in [9.17, 15) is 18.0 Å². The summed E-state index contributed by atoms with van der Waals surface area (Å²) in [5, 5.41) is 8.88. The van der Waals surface area contributed by atoms with Gasteiger partial charge in [-0.15, -0.1) is 0 Å². The maximum Gasteiger partial charge on any atom is 0.430 e. The van der Waals surface area contributed by atoms with E-state index in [4.69, 9.17) is 9.84 Å². The number of hydrogen-bond acceptors (Lipinski definition) is 2. The third kappa shape index (κ3) is 5.39. The monoisotopic (exact) mass is 367 g/mol. The molecule has 0 fully saturated rings. The Bertz CT molecular complexity index is 557. The number of rotatable bonds is 2. The average Bonchev–Trinajstić information content (AvgIpc) is 2.35. The quantitative estimate of drug-likeness (QED) is 0.529. The van der Waals surface area contributed by atoms with Crippen LogP contribution in [0.4, 0.5) is 13.2 Å². The number of carboxylic acid groups (broad SMARTS) is 1. The first-order valence-electron chi connectivity index (χ1n) is 5.64. The molecule has 0 saturated carbocycles. The van der Waals surface area contributed by atoms with Crippen molar-refractivity contribution >= 4 is 12.0 Å². The van der Waals surface area contributed by atoms with E-state index in [2.05, 4.69) is 0 Å². The first-order valence-corrected chi connectivity index (χ1v) is 5.64. The number of para-hydroxylation sites is 1. The molecule has 0 radical (unpaired) electrons. The van der Waals surface area contributed by atoms with Gasteiger partial charge in [-0.1, -0.05) is 25.1 Å². The molecule has 1 aromatic rings. The predicted molar refractivity (Wildman–Crippen MR) is 61.9 cm³/mol. The number of carbonyl (C=O) groups is 1. The Labute approximate surface area is 130 Å². The van der Waals surface area contributed by atoms with Crippen molar-refractivity contribution in [1.82, 2.24) is 0 Å². The Hall–Kier alpha value is -2.33. The van der Waals surface area contributed by atoms with E-state index in [1.165, 1.54) is 6.07 Å². The van der Waals surface area contributed by atoms with E-state index in [0.29, 0.717) is 17.5 Å². The highest BCUT2D eigenvalue weighted by Crippen LogP contribution is 2.39. The van der Waals surface area contributed by atoms with Gasteiger partial charge in [0.2, 0.25) is 6.10 Å². The van der Waals surface area contributed by atoms with Crippen molar-refractivity contribution in [3.8, 4) is 5.75 Å². The van der Waals surface area contributed by atoms with Crippen LogP contribution in [0.5, 0.6) is 5.75 Å². The highest BCUT2D eigenvalue weighted by Gasteiger charge is 2.48. The summed E-state index contributed by atoms with van der Waals surface area (Å²) >= 11 is 0. The molecule has 0 spiro atoms. The van der Waals surface area contributed by atoms with Crippen LogP contribution in [0.1, 0.15) is 18.1 Å². The Morgan fingerprint density at radius 2 is 1.71 bits per heavy atom. The number of fused-ring (bicyclic) bond motifs is 1. The number of halogens is 8. The van der Waals surface area contributed by atoms with E-state index in [1.807, 2.05) is 0 Å². The van der Waals surface area contributed by atoms with Crippen LogP contribution in [0.25, 0.3) is 6.08 Å². The fourth-order valence-corrected chi connectivity index (χ4v) is 1.98. The van der Waals surface area contributed by atoms with Gasteiger partial charge in [-0.05, 0) is 18.1 Å². The van der Waals surface area contributed by atoms with Crippen LogP contribution >= 0.6 is 0 Å². The fraction of sp³-hybridized carbons (Fsp3) is 0.308. The van der Waals surface area contributed by atoms with Crippen LogP contribution in [0, 0.1) is 0 Å². The number of carboxylic acids is 1. The molecule has 2 rings (SSSR count). The first kappa shape index (κ1) is 29.7. The summed E-state index contributed by atoms with van der Waals surface area (Å²) in [6.07, 6.45) is -5.66. The van der Waals surface area contributed by atoms with E-state index in [1.54, 1.807) is 19.1 Å². The second-order valence-electron chi connectivity index (χ2n) is 4.13. The van der Waals surface area contributed by atoms with E-state index >= 15 is 0 Å². The molecule has 1 aromatic carbocycles. The lowest BCUT2D eigenvalue weighted by Crippen LogP contribution is -3.00. The second-order valence-corrected chi connectivity index (χ2v) is 4.13. The highest BCUT2D eigenvalue weighted by molar-refractivity contribution is 5.95. The standard InChI is InChI=1S/C13H11F3O3.5FH/c1-2-7-4-3-5-8-6-9(12(17)18)11(13(14,15)16)19-10(7)8;;;;;/h3-6,11H,2H2,1H3,(H,17,18);5*1H/p-5. The van der Waals surface area contributed by atoms with Crippen LogP contribution in [0.2, 0.25) is 0 Å². The second kappa shape index (κ2) is 10.4. The van der Waals surface area contributed by atoms with Gasteiger partial charge in [-0.2, -0.15) is 13.2 Å². The smallest absolute Gasteiger partial charge is 0.430 e. The average molecular weight is 367 g/mol. The third-order valence-corrected chi connectivity index (χ3v) is 2.88. The SMILES string of the molecule is CCc1cccc2c1OC(C(F)(F)F)C(C(=O)O)=C2.[F-].[F-].[F-].[F-].[F-]. The summed E-state index contributed by atoms with van der Waals surface area (Å²) in [6.45, 7) is 1.79. The van der Waals surface area contributed by atoms with E-state index in [0.717, 1.165) is 6.08 Å². The molecule has 0 aliphatic carbocycles. The van der Waals surface area contributed by atoms with Gasteiger partial charge >= 0.3 is 12.1 Å². The largest absolute Gasteiger partial charge is 1.00 e. The van der Waals surface area contributed by atoms with Crippen molar-refractivity contribution in [1.29, 1.82) is 0 Å². The van der Waals surface area contributed by atoms with Crippen molar-refractivity contribution in [3.05, 3.63) is 34.9 Å².